The molecule has 0 amide bonds. The molecule has 0 atom stereocenters. The van der Waals surface area contributed by atoms with Gasteiger partial charge in [-0.3, -0.25) is 9.89 Å². The molecule has 0 aliphatic rings. The largest absolute Gasteiger partial charge is 0.462 e. The van der Waals surface area contributed by atoms with Crippen molar-refractivity contribution in [3.05, 3.63) is 18.5 Å². The molecule has 4 nitrogen and oxygen atoms in total. The summed E-state index contributed by atoms with van der Waals surface area (Å²) in [4.78, 5) is 9.60. The van der Waals surface area contributed by atoms with Gasteiger partial charge in [0.15, 0.2) is 0 Å². The van der Waals surface area contributed by atoms with Crippen molar-refractivity contribution >= 4 is 6.47 Å². The number of nitrogens with zero attached hydrogens (tertiary/aromatic N) is 1. The van der Waals surface area contributed by atoms with Gasteiger partial charge < -0.3 is 4.74 Å². The van der Waals surface area contributed by atoms with Gasteiger partial charge in [-0.15, -0.1) is 0 Å². The minimum atomic E-state index is -0.318. The van der Waals surface area contributed by atoms with Gasteiger partial charge in [0.05, 0.1) is 0 Å². The van der Waals surface area contributed by atoms with Gasteiger partial charge in [0.2, 0.25) is 0 Å². The second-order valence-corrected chi connectivity index (χ2v) is 3.09. The van der Waals surface area contributed by atoms with Crippen LogP contribution in [0.2, 0.25) is 0 Å². The van der Waals surface area contributed by atoms with Gasteiger partial charge >= 0.3 is 0 Å². The van der Waals surface area contributed by atoms with Crippen LogP contribution >= 0.6 is 0 Å². The molecule has 0 unspecified atom stereocenters. The van der Waals surface area contributed by atoms with Crippen LogP contribution < -0.4 is 0 Å². The van der Waals surface area contributed by atoms with Crippen molar-refractivity contribution in [2.24, 2.45) is 0 Å². The Hall–Kier alpha value is -1.32. The summed E-state index contributed by atoms with van der Waals surface area (Å²) in [7, 11) is 0. The minimum absolute atomic E-state index is 0.318. The van der Waals surface area contributed by atoms with Crippen molar-refractivity contribution in [2.75, 3.05) is 0 Å². The van der Waals surface area contributed by atoms with Crippen LogP contribution in [-0.4, -0.2) is 22.3 Å². The first-order valence-corrected chi connectivity index (χ1v) is 3.61. The SMILES string of the molecule is CC(C)(C)OC=O.c1cn[nH]c1. The molecule has 1 rings (SSSR count). The van der Waals surface area contributed by atoms with Crippen LogP contribution in [0.5, 0.6) is 0 Å². The van der Waals surface area contributed by atoms with E-state index in [2.05, 4.69) is 14.9 Å². The Bertz CT molecular complexity index is 172. The molecule has 0 saturated heterocycles. The highest BCUT2D eigenvalue weighted by Gasteiger charge is 2.07. The zero-order valence-corrected chi connectivity index (χ0v) is 7.57. The quantitative estimate of drug-likeness (QED) is 0.647. The number of hydrogen-bond donors (Lipinski definition) is 1. The van der Waals surface area contributed by atoms with Crippen molar-refractivity contribution in [2.45, 2.75) is 26.4 Å². The lowest BCUT2D eigenvalue weighted by molar-refractivity contribution is -0.138. The number of rotatable bonds is 1. The number of carbonyl (C=O) groups excluding carboxylic acids is 1. The van der Waals surface area contributed by atoms with Crippen LogP contribution in [0.25, 0.3) is 0 Å². The topological polar surface area (TPSA) is 55.0 Å². The first-order valence-electron chi connectivity index (χ1n) is 3.61. The number of carbonyl (C=O) groups is 1. The highest BCUT2D eigenvalue weighted by molar-refractivity contribution is 5.37. The van der Waals surface area contributed by atoms with E-state index in [1.165, 1.54) is 0 Å². The lowest BCUT2D eigenvalue weighted by atomic mass is 10.2. The van der Waals surface area contributed by atoms with Crippen LogP contribution in [0.15, 0.2) is 18.5 Å². The fourth-order valence-electron chi connectivity index (χ4n) is 0.360. The van der Waals surface area contributed by atoms with Gasteiger partial charge in [-0.2, -0.15) is 5.10 Å². The lowest BCUT2D eigenvalue weighted by Crippen LogP contribution is -2.17. The van der Waals surface area contributed by atoms with E-state index in [0.717, 1.165) is 0 Å². The lowest BCUT2D eigenvalue weighted by Gasteiger charge is -2.14. The van der Waals surface area contributed by atoms with E-state index in [9.17, 15) is 4.79 Å². The summed E-state index contributed by atoms with van der Waals surface area (Å²) < 4.78 is 4.55. The van der Waals surface area contributed by atoms with Crippen molar-refractivity contribution < 1.29 is 9.53 Å². The van der Waals surface area contributed by atoms with Crippen molar-refractivity contribution in [3.8, 4) is 0 Å². The van der Waals surface area contributed by atoms with E-state index in [-0.39, 0.29) is 5.60 Å². The number of aromatic nitrogens is 2. The van der Waals surface area contributed by atoms with E-state index < -0.39 is 0 Å². The number of ether oxygens (including phenoxy) is 1. The minimum Gasteiger partial charge on any atom is -0.462 e. The van der Waals surface area contributed by atoms with Crippen LogP contribution in [-0.2, 0) is 9.53 Å². The molecule has 0 saturated carbocycles. The van der Waals surface area contributed by atoms with Crippen molar-refractivity contribution in [1.82, 2.24) is 10.2 Å². The third kappa shape index (κ3) is 8.68. The molecule has 12 heavy (non-hydrogen) atoms. The molecule has 0 fully saturated rings. The predicted octanol–water partition coefficient (Wildman–Crippen LogP) is 1.37. The predicted molar refractivity (Wildman–Crippen MR) is 45.5 cm³/mol. The summed E-state index contributed by atoms with van der Waals surface area (Å²) in [6, 6.07) is 1.83. The second-order valence-electron chi connectivity index (χ2n) is 3.09. The zero-order valence-electron chi connectivity index (χ0n) is 7.57. The highest BCUT2D eigenvalue weighted by Crippen LogP contribution is 2.02. The number of nitrogens with one attached hydrogen (secondary N) is 1. The molecule has 0 aliphatic carbocycles. The first kappa shape index (κ1) is 10.7. The van der Waals surface area contributed by atoms with Gasteiger partial charge in [0.25, 0.3) is 6.47 Å². The molecule has 0 spiro atoms. The monoisotopic (exact) mass is 170 g/mol. The van der Waals surface area contributed by atoms with Gasteiger partial charge in [0, 0.05) is 12.4 Å². The Morgan fingerprint density at radius 2 is 2.17 bits per heavy atom. The summed E-state index contributed by atoms with van der Waals surface area (Å²) in [5.41, 5.74) is -0.318. The average molecular weight is 170 g/mol. The second kappa shape index (κ2) is 5.35. The van der Waals surface area contributed by atoms with E-state index in [4.69, 9.17) is 0 Å². The van der Waals surface area contributed by atoms with E-state index in [1.807, 2.05) is 26.8 Å². The zero-order chi connectivity index (χ0) is 9.45. The Labute approximate surface area is 71.9 Å². The highest BCUT2D eigenvalue weighted by atomic mass is 16.5. The normalized spacial score (nSPS) is 9.58. The molecular formula is C8H14N2O2. The Balaban J connectivity index is 0.000000211. The number of aromatic amines is 1. The molecule has 68 valence electrons. The van der Waals surface area contributed by atoms with Crippen molar-refractivity contribution in [1.29, 1.82) is 0 Å². The molecule has 1 aromatic heterocycles. The Morgan fingerprint density at radius 1 is 1.50 bits per heavy atom. The molecule has 0 radical (unpaired) electrons. The molecule has 0 bridgehead atoms. The Morgan fingerprint density at radius 3 is 2.25 bits per heavy atom. The van der Waals surface area contributed by atoms with E-state index in [0.29, 0.717) is 6.47 Å². The number of H-pyrrole nitrogens is 1. The smallest absolute Gasteiger partial charge is 0.293 e. The maximum atomic E-state index is 9.60. The van der Waals surface area contributed by atoms with Gasteiger partial charge in [0.1, 0.15) is 5.60 Å². The summed E-state index contributed by atoms with van der Waals surface area (Å²) in [5.74, 6) is 0. The molecule has 0 aliphatic heterocycles. The van der Waals surface area contributed by atoms with Gasteiger partial charge in [-0.1, -0.05) is 0 Å². The van der Waals surface area contributed by atoms with E-state index >= 15 is 0 Å². The average Bonchev–Trinajstić information content (AvgIpc) is 2.38. The standard InChI is InChI=1S/C5H10O2.C3H4N2/c1-5(2,3)7-4-6;1-2-4-5-3-1/h4H,1-3H3;1-3H,(H,4,5). The summed E-state index contributed by atoms with van der Waals surface area (Å²) >= 11 is 0. The van der Waals surface area contributed by atoms with Gasteiger partial charge in [-0.05, 0) is 26.8 Å². The van der Waals surface area contributed by atoms with Crippen LogP contribution in [0.3, 0.4) is 0 Å². The third-order valence-corrected chi connectivity index (χ3v) is 0.808. The molecular weight excluding hydrogens is 156 g/mol. The maximum absolute atomic E-state index is 9.60. The molecule has 4 heteroatoms. The first-order chi connectivity index (χ1) is 5.56. The van der Waals surface area contributed by atoms with Crippen LogP contribution in [0.1, 0.15) is 20.8 Å². The molecule has 0 aromatic carbocycles. The van der Waals surface area contributed by atoms with Crippen LogP contribution in [0, 0.1) is 0 Å². The summed E-state index contributed by atoms with van der Waals surface area (Å²) in [5, 5.41) is 6.21. The fraction of sp³-hybridized carbons (Fsp3) is 0.500. The summed E-state index contributed by atoms with van der Waals surface area (Å²) in [6.07, 6.45) is 3.46. The molecule has 1 aromatic rings. The fourth-order valence-corrected chi connectivity index (χ4v) is 0.360. The van der Waals surface area contributed by atoms with E-state index in [1.54, 1.807) is 12.4 Å². The van der Waals surface area contributed by atoms with Gasteiger partial charge in [-0.25, -0.2) is 0 Å². The molecule has 1 heterocycles. The van der Waals surface area contributed by atoms with Crippen molar-refractivity contribution in [3.63, 3.8) is 0 Å². The number of hydrogen-bond acceptors (Lipinski definition) is 3. The summed E-state index contributed by atoms with van der Waals surface area (Å²) in [6.45, 7) is 5.92. The third-order valence-electron chi connectivity index (χ3n) is 0.808. The van der Waals surface area contributed by atoms with Crippen LogP contribution in [0.4, 0.5) is 0 Å². The Kier molecular flexibility index (Phi) is 4.76. The molecule has 1 N–H and O–H groups in total. The maximum Gasteiger partial charge on any atom is 0.293 e.